The number of thiol groups is 1. The lowest BCUT2D eigenvalue weighted by atomic mass is 9.91. The molecule has 12 heavy (non-hydrogen) atoms. The maximum absolute atomic E-state index is 5.80. The lowest BCUT2D eigenvalue weighted by molar-refractivity contribution is 0.469. The average molecular weight is 203 g/mol. The summed E-state index contributed by atoms with van der Waals surface area (Å²) in [7, 11) is 2.58. The number of hydrogen-bond donors (Lipinski definition) is 2. The van der Waals surface area contributed by atoms with E-state index in [-0.39, 0.29) is 16.4 Å². The van der Waals surface area contributed by atoms with Crippen LogP contribution in [-0.4, -0.2) is 10.5 Å². The van der Waals surface area contributed by atoms with Gasteiger partial charge in [0.25, 0.3) is 0 Å². The Hall–Kier alpha value is 0.300. The van der Waals surface area contributed by atoms with E-state index in [1.54, 1.807) is 0 Å². The van der Waals surface area contributed by atoms with E-state index in [1.165, 1.54) is 0 Å². The van der Waals surface area contributed by atoms with Crippen LogP contribution < -0.4 is 5.73 Å². The molecule has 0 aliphatic rings. The minimum Gasteiger partial charge on any atom is -0.323 e. The largest absolute Gasteiger partial charge is 0.323 e. The summed E-state index contributed by atoms with van der Waals surface area (Å²) in [5, 5.41) is 0. The van der Waals surface area contributed by atoms with Crippen molar-refractivity contribution in [3.63, 3.8) is 0 Å². The molecule has 0 aromatic rings. The molecule has 1 nitrogen and oxygen atoms in total. The molecular formula is C9H18NPS. The summed E-state index contributed by atoms with van der Waals surface area (Å²) in [6.07, 6.45) is 0.989. The fourth-order valence-corrected chi connectivity index (χ4v) is 1.55. The van der Waals surface area contributed by atoms with Gasteiger partial charge in [-0.1, -0.05) is 12.8 Å². The molecule has 4 atom stereocenters. The van der Waals surface area contributed by atoms with Crippen LogP contribution in [0.25, 0.3) is 0 Å². The zero-order chi connectivity index (χ0) is 9.78. The van der Waals surface area contributed by atoms with Gasteiger partial charge >= 0.3 is 0 Å². The van der Waals surface area contributed by atoms with Crippen molar-refractivity contribution in [1.82, 2.24) is 0 Å². The first-order chi connectivity index (χ1) is 5.46. The van der Waals surface area contributed by atoms with Crippen molar-refractivity contribution in [2.45, 2.75) is 37.7 Å². The summed E-state index contributed by atoms with van der Waals surface area (Å²) in [5.74, 6) is 6.29. The topological polar surface area (TPSA) is 26.0 Å². The van der Waals surface area contributed by atoms with E-state index < -0.39 is 0 Å². The van der Waals surface area contributed by atoms with Gasteiger partial charge in [0.15, 0.2) is 0 Å². The quantitative estimate of drug-likeness (QED) is 0.409. The second kappa shape index (κ2) is 5.12. The van der Waals surface area contributed by atoms with Crippen molar-refractivity contribution >= 4 is 21.9 Å². The van der Waals surface area contributed by atoms with Gasteiger partial charge < -0.3 is 5.73 Å². The molecule has 3 heteroatoms. The first-order valence-electron chi connectivity index (χ1n) is 4.12. The second-order valence-corrected chi connectivity index (χ2v) is 4.79. The molecule has 0 fully saturated rings. The smallest absolute Gasteiger partial charge is 0.0424 e. The summed E-state index contributed by atoms with van der Waals surface area (Å²) in [4.78, 5) is 0. The van der Waals surface area contributed by atoms with Crippen molar-refractivity contribution in [2.24, 2.45) is 11.7 Å². The molecule has 0 amide bonds. The predicted molar refractivity (Wildman–Crippen MR) is 62.3 cm³/mol. The number of nitrogens with two attached hydrogens (primary N) is 1. The maximum Gasteiger partial charge on any atom is 0.0424 e. The first-order valence-corrected chi connectivity index (χ1v) is 5.24. The summed E-state index contributed by atoms with van der Waals surface area (Å²) in [5.41, 5.74) is 5.80. The molecule has 0 saturated carbocycles. The van der Waals surface area contributed by atoms with Gasteiger partial charge in [0.2, 0.25) is 0 Å². The average Bonchev–Trinajstić information content (AvgIpc) is 1.99. The molecule has 0 radical (unpaired) electrons. The highest BCUT2D eigenvalue weighted by atomic mass is 32.1. The van der Waals surface area contributed by atoms with E-state index in [9.17, 15) is 0 Å². The van der Waals surface area contributed by atoms with Crippen LogP contribution in [-0.2, 0) is 0 Å². The van der Waals surface area contributed by atoms with Gasteiger partial charge in [0, 0.05) is 16.4 Å². The lowest BCUT2D eigenvalue weighted by Gasteiger charge is -2.32. The van der Waals surface area contributed by atoms with Crippen LogP contribution in [0.5, 0.6) is 0 Å². The molecule has 2 N–H and O–H groups in total. The Morgan fingerprint density at radius 2 is 2.17 bits per heavy atom. The Bertz CT molecular complexity index is 190. The highest BCUT2D eigenvalue weighted by Crippen LogP contribution is 2.32. The third-order valence-electron chi connectivity index (χ3n) is 2.11. The van der Waals surface area contributed by atoms with Gasteiger partial charge in [0.1, 0.15) is 0 Å². The fourth-order valence-electron chi connectivity index (χ4n) is 1.07. The minimum atomic E-state index is -0.220. The van der Waals surface area contributed by atoms with Crippen molar-refractivity contribution in [3.05, 3.63) is 0 Å². The highest BCUT2D eigenvalue weighted by molar-refractivity contribution is 7.82. The van der Waals surface area contributed by atoms with Crippen LogP contribution in [0, 0.1) is 17.8 Å². The molecular weight excluding hydrogens is 185 g/mol. The Kier molecular flexibility index (Phi) is 5.25. The highest BCUT2D eigenvalue weighted by Gasteiger charge is 2.31. The molecule has 0 aliphatic carbocycles. The van der Waals surface area contributed by atoms with Crippen molar-refractivity contribution in [1.29, 1.82) is 0 Å². The summed E-state index contributed by atoms with van der Waals surface area (Å²) in [6.45, 7) is 5.99. The van der Waals surface area contributed by atoms with E-state index in [0.29, 0.717) is 0 Å². The molecule has 0 rings (SSSR count). The Morgan fingerprint density at radius 1 is 1.67 bits per heavy atom. The van der Waals surface area contributed by atoms with E-state index in [0.717, 1.165) is 6.42 Å². The maximum atomic E-state index is 5.80. The van der Waals surface area contributed by atoms with Crippen LogP contribution in [0.2, 0.25) is 0 Å². The summed E-state index contributed by atoms with van der Waals surface area (Å²) < 4.78 is -0.220. The predicted octanol–water partition coefficient (Wildman–Crippen LogP) is 1.88. The monoisotopic (exact) mass is 203 g/mol. The zero-order valence-corrected chi connectivity index (χ0v) is 10.0. The first kappa shape index (κ1) is 12.3. The lowest BCUT2D eigenvalue weighted by Crippen LogP contribution is -2.42. The Balaban J connectivity index is 4.55. The van der Waals surface area contributed by atoms with Gasteiger partial charge in [-0.2, -0.15) is 12.6 Å². The third kappa shape index (κ3) is 2.98. The van der Waals surface area contributed by atoms with Crippen LogP contribution in [0.3, 0.4) is 0 Å². The molecule has 0 aliphatic heterocycles. The van der Waals surface area contributed by atoms with Gasteiger partial charge in [-0.15, -0.1) is 15.2 Å². The number of rotatable bonds is 3. The Morgan fingerprint density at radius 3 is 2.42 bits per heavy atom. The summed E-state index contributed by atoms with van der Waals surface area (Å²) in [6, 6.07) is 0. The number of hydrogen-bond acceptors (Lipinski definition) is 2. The third-order valence-corrected chi connectivity index (χ3v) is 3.69. The molecule has 0 aromatic carbocycles. The Labute approximate surface area is 83.5 Å². The summed E-state index contributed by atoms with van der Waals surface area (Å²) >= 11 is 4.54. The van der Waals surface area contributed by atoms with E-state index >= 15 is 0 Å². The molecule has 0 saturated heterocycles. The molecule has 0 aromatic heterocycles. The normalized spacial score (nSPS) is 20.2. The van der Waals surface area contributed by atoms with E-state index in [2.05, 4.69) is 40.6 Å². The molecule has 70 valence electrons. The van der Waals surface area contributed by atoms with Crippen molar-refractivity contribution in [2.75, 3.05) is 0 Å². The standard InChI is InChI=1S/C9H18NPS/c1-4-6-7(5-2)9(3,12)8(10)11/h7-8,12H,5,10-11H2,1-3H3/t7-,8+,9-/m0/s1. The van der Waals surface area contributed by atoms with Crippen LogP contribution >= 0.6 is 21.9 Å². The molecule has 0 spiro atoms. The molecule has 0 heterocycles. The minimum absolute atomic E-state index is 0.0216. The van der Waals surface area contributed by atoms with Crippen LogP contribution in [0.1, 0.15) is 27.2 Å². The molecule has 1 unspecified atom stereocenters. The van der Waals surface area contributed by atoms with Gasteiger partial charge in [0.05, 0.1) is 0 Å². The van der Waals surface area contributed by atoms with Gasteiger partial charge in [-0.25, -0.2) is 0 Å². The fraction of sp³-hybridized carbons (Fsp3) is 0.778. The second-order valence-electron chi connectivity index (χ2n) is 3.11. The van der Waals surface area contributed by atoms with Crippen molar-refractivity contribution < 1.29 is 0 Å². The van der Waals surface area contributed by atoms with Gasteiger partial charge in [-0.3, -0.25) is 0 Å². The van der Waals surface area contributed by atoms with Crippen molar-refractivity contribution in [3.8, 4) is 11.8 Å². The SMILES string of the molecule is CC#C[C@H](CC)[C@](C)(S)[C@H](N)P. The van der Waals surface area contributed by atoms with E-state index in [1.807, 2.05) is 13.8 Å². The van der Waals surface area contributed by atoms with Crippen LogP contribution in [0.4, 0.5) is 0 Å². The van der Waals surface area contributed by atoms with Gasteiger partial charge in [-0.05, 0) is 20.3 Å². The molecule has 0 bridgehead atoms. The van der Waals surface area contributed by atoms with Crippen LogP contribution in [0.15, 0.2) is 0 Å². The zero-order valence-electron chi connectivity index (χ0n) is 7.96. The van der Waals surface area contributed by atoms with E-state index in [4.69, 9.17) is 5.73 Å².